The molecule has 0 saturated heterocycles. The van der Waals surface area contributed by atoms with E-state index < -0.39 is 17.1 Å². The van der Waals surface area contributed by atoms with Gasteiger partial charge in [-0.2, -0.15) is 0 Å². The second-order valence-electron chi connectivity index (χ2n) is 12.5. The quantitative estimate of drug-likeness (QED) is 0.0859. The second-order valence-corrected chi connectivity index (χ2v) is 13.7. The lowest BCUT2D eigenvalue weighted by Gasteiger charge is -2.18. The van der Waals surface area contributed by atoms with E-state index in [1.807, 2.05) is 91.0 Å². The van der Waals surface area contributed by atoms with E-state index in [4.69, 9.17) is 4.74 Å². The zero-order valence-electron chi connectivity index (χ0n) is 29.8. The molecule has 0 bridgehead atoms. The van der Waals surface area contributed by atoms with Crippen LogP contribution in [-0.2, 0) is 16.1 Å². The van der Waals surface area contributed by atoms with Crippen LogP contribution in [0.5, 0.6) is 5.75 Å². The van der Waals surface area contributed by atoms with Crippen LogP contribution in [0.4, 0.5) is 11.4 Å². The Bertz CT molecular complexity index is 2500. The molecule has 1 atom stereocenters. The molecule has 0 radical (unpaired) electrons. The van der Waals surface area contributed by atoms with E-state index in [9.17, 15) is 14.4 Å². The third-order valence-electron chi connectivity index (χ3n) is 8.98. The number of aromatic nitrogens is 1. The number of carbonyl (C=O) groups is 3. The molecule has 0 spiro atoms. The Morgan fingerprint density at radius 2 is 1.41 bits per heavy atom. The van der Waals surface area contributed by atoms with Gasteiger partial charge in [-0.1, -0.05) is 84.9 Å². The topological polar surface area (TPSA) is 101 Å². The SMILES string of the molecule is CCn1c2ccccc2c2cc(NC(=O)C(Sc3cccc(NC(=O)/C(=C/c4cccc(OC)c4)NC(=O)c4ccccc4)c3)c3ccccc3)ccc21. The Morgan fingerprint density at radius 3 is 2.19 bits per heavy atom. The van der Waals surface area contributed by atoms with Crippen LogP contribution in [0.1, 0.15) is 33.7 Å². The molecule has 0 aliphatic rings. The standard InChI is InChI=1S/C45H38N4O4S/c1-3-49-40-23-11-10-22-37(40)38-29-34(24-25-41(38)49)47-45(52)42(31-15-6-4-7-16-31)54-36-21-13-19-33(28-36)46-44(51)39(27-30-14-12-20-35(26-30)53-2)48-43(50)32-17-8-5-9-18-32/h4-29,42H,3H2,1-2H3,(H,46,51)(H,47,52)(H,48,50)/b39-27-. The van der Waals surface area contributed by atoms with Crippen molar-refractivity contribution < 1.29 is 19.1 Å². The minimum atomic E-state index is -0.599. The smallest absolute Gasteiger partial charge is 0.272 e. The number of nitrogens with zero attached hydrogens (tertiary/aromatic N) is 1. The van der Waals surface area contributed by atoms with Gasteiger partial charge in [-0.25, -0.2) is 0 Å². The summed E-state index contributed by atoms with van der Waals surface area (Å²) in [5, 5.41) is 10.5. The summed E-state index contributed by atoms with van der Waals surface area (Å²) >= 11 is 1.38. The number of ether oxygens (including phenoxy) is 1. The first-order chi connectivity index (χ1) is 26.4. The number of fused-ring (bicyclic) bond motifs is 3. The minimum Gasteiger partial charge on any atom is -0.497 e. The third kappa shape index (κ3) is 8.06. The lowest BCUT2D eigenvalue weighted by Crippen LogP contribution is -2.30. The predicted molar refractivity (Wildman–Crippen MR) is 219 cm³/mol. The van der Waals surface area contributed by atoms with Crippen molar-refractivity contribution in [2.75, 3.05) is 17.7 Å². The maximum atomic E-state index is 14.1. The van der Waals surface area contributed by atoms with Crippen LogP contribution in [0.3, 0.4) is 0 Å². The number of aryl methyl sites for hydroxylation is 1. The van der Waals surface area contributed by atoms with Gasteiger partial charge in [0.05, 0.1) is 7.11 Å². The predicted octanol–water partition coefficient (Wildman–Crippen LogP) is 9.70. The van der Waals surface area contributed by atoms with Crippen molar-refractivity contribution in [3.05, 3.63) is 174 Å². The highest BCUT2D eigenvalue weighted by Crippen LogP contribution is 2.38. The van der Waals surface area contributed by atoms with Gasteiger partial charge in [-0.3, -0.25) is 14.4 Å². The molecular formula is C45H38N4O4S. The normalized spacial score (nSPS) is 11.9. The molecular weight excluding hydrogens is 693 g/mol. The molecule has 3 amide bonds. The number of hydrogen-bond donors (Lipinski definition) is 3. The number of benzene rings is 6. The largest absolute Gasteiger partial charge is 0.497 e. The van der Waals surface area contributed by atoms with Gasteiger partial charge in [-0.05, 0) is 90.9 Å². The van der Waals surface area contributed by atoms with Gasteiger partial charge in [0, 0.05) is 50.2 Å². The van der Waals surface area contributed by atoms with E-state index in [-0.39, 0.29) is 11.6 Å². The number of hydrogen-bond acceptors (Lipinski definition) is 5. The molecule has 0 fully saturated rings. The number of methoxy groups -OCH3 is 1. The van der Waals surface area contributed by atoms with E-state index in [0.29, 0.717) is 28.3 Å². The highest BCUT2D eigenvalue weighted by atomic mass is 32.2. The molecule has 0 saturated carbocycles. The monoisotopic (exact) mass is 730 g/mol. The molecule has 1 unspecified atom stereocenters. The van der Waals surface area contributed by atoms with Crippen LogP contribution in [-0.4, -0.2) is 29.4 Å². The molecule has 0 aliphatic heterocycles. The van der Waals surface area contributed by atoms with Crippen LogP contribution in [0.15, 0.2) is 162 Å². The molecule has 1 heterocycles. The first kappa shape index (κ1) is 35.8. The van der Waals surface area contributed by atoms with Gasteiger partial charge >= 0.3 is 0 Å². The maximum absolute atomic E-state index is 14.1. The Labute approximate surface area is 317 Å². The van der Waals surface area contributed by atoms with E-state index in [1.165, 1.54) is 11.8 Å². The summed E-state index contributed by atoms with van der Waals surface area (Å²) in [5.74, 6) is -0.492. The summed E-state index contributed by atoms with van der Waals surface area (Å²) in [6.45, 7) is 2.97. The molecule has 7 aromatic rings. The molecule has 7 rings (SSSR count). The van der Waals surface area contributed by atoms with Crippen molar-refractivity contribution in [1.29, 1.82) is 0 Å². The van der Waals surface area contributed by atoms with E-state index in [0.717, 1.165) is 38.8 Å². The molecule has 0 aliphatic carbocycles. The van der Waals surface area contributed by atoms with Gasteiger partial charge in [0.2, 0.25) is 5.91 Å². The molecule has 6 aromatic carbocycles. The van der Waals surface area contributed by atoms with Crippen molar-refractivity contribution in [1.82, 2.24) is 9.88 Å². The average Bonchev–Trinajstić information content (AvgIpc) is 3.53. The van der Waals surface area contributed by atoms with Gasteiger partial charge < -0.3 is 25.3 Å². The number of carbonyl (C=O) groups excluding carboxylic acids is 3. The summed E-state index contributed by atoms with van der Waals surface area (Å²) in [7, 11) is 1.57. The van der Waals surface area contributed by atoms with Crippen LogP contribution in [0.25, 0.3) is 27.9 Å². The van der Waals surface area contributed by atoms with Crippen LogP contribution in [0.2, 0.25) is 0 Å². The summed E-state index contributed by atoms with van der Waals surface area (Å²) < 4.78 is 7.64. The zero-order chi connectivity index (χ0) is 37.4. The molecule has 268 valence electrons. The van der Waals surface area contributed by atoms with Crippen LogP contribution < -0.4 is 20.7 Å². The van der Waals surface area contributed by atoms with Crippen molar-refractivity contribution >= 4 is 68.7 Å². The Hall–Kier alpha value is -6.58. The van der Waals surface area contributed by atoms with Crippen LogP contribution >= 0.6 is 11.8 Å². The van der Waals surface area contributed by atoms with Crippen molar-refractivity contribution in [3.63, 3.8) is 0 Å². The van der Waals surface area contributed by atoms with Crippen LogP contribution in [0, 0.1) is 0 Å². The van der Waals surface area contributed by atoms with Gasteiger partial charge in [0.1, 0.15) is 16.7 Å². The zero-order valence-corrected chi connectivity index (χ0v) is 30.6. The summed E-state index contributed by atoms with van der Waals surface area (Å²) in [6.07, 6.45) is 1.60. The van der Waals surface area contributed by atoms with E-state index >= 15 is 0 Å². The molecule has 9 heteroatoms. The fraction of sp³-hybridized carbons (Fsp3) is 0.0889. The Kier molecular flexibility index (Phi) is 10.9. The molecule has 8 nitrogen and oxygen atoms in total. The number of nitrogens with one attached hydrogen (secondary N) is 3. The summed E-state index contributed by atoms with van der Waals surface area (Å²) in [6, 6.07) is 47.2. The lowest BCUT2D eigenvalue weighted by molar-refractivity contribution is -0.116. The van der Waals surface area contributed by atoms with Crippen molar-refractivity contribution in [3.8, 4) is 5.75 Å². The fourth-order valence-electron chi connectivity index (χ4n) is 6.40. The second kappa shape index (κ2) is 16.4. The lowest BCUT2D eigenvalue weighted by atomic mass is 10.1. The Morgan fingerprint density at radius 1 is 0.704 bits per heavy atom. The average molecular weight is 731 g/mol. The van der Waals surface area contributed by atoms with Crippen molar-refractivity contribution in [2.24, 2.45) is 0 Å². The first-order valence-corrected chi connectivity index (χ1v) is 18.4. The molecule has 54 heavy (non-hydrogen) atoms. The number of anilines is 2. The van der Waals surface area contributed by atoms with Crippen molar-refractivity contribution in [2.45, 2.75) is 23.6 Å². The van der Waals surface area contributed by atoms with E-state index in [1.54, 1.807) is 55.7 Å². The number of para-hydroxylation sites is 1. The molecule has 1 aromatic heterocycles. The first-order valence-electron chi connectivity index (χ1n) is 17.6. The highest BCUT2D eigenvalue weighted by Gasteiger charge is 2.23. The molecule has 3 N–H and O–H groups in total. The highest BCUT2D eigenvalue weighted by molar-refractivity contribution is 8.00. The minimum absolute atomic E-state index is 0.0516. The van der Waals surface area contributed by atoms with Gasteiger partial charge in [0.25, 0.3) is 11.8 Å². The summed E-state index contributed by atoms with van der Waals surface area (Å²) in [5.41, 5.74) is 5.46. The number of amides is 3. The van der Waals surface area contributed by atoms with Gasteiger partial charge in [-0.15, -0.1) is 11.8 Å². The summed E-state index contributed by atoms with van der Waals surface area (Å²) in [4.78, 5) is 41.8. The third-order valence-corrected chi connectivity index (χ3v) is 10.2. The Balaban J connectivity index is 1.13. The van der Waals surface area contributed by atoms with Gasteiger partial charge in [0.15, 0.2) is 0 Å². The number of rotatable bonds is 12. The van der Waals surface area contributed by atoms with E-state index in [2.05, 4.69) is 45.6 Å². The fourth-order valence-corrected chi connectivity index (χ4v) is 7.49. The number of thioether (sulfide) groups is 1. The maximum Gasteiger partial charge on any atom is 0.272 e.